The second-order valence-corrected chi connectivity index (χ2v) is 5.65. The molecule has 0 aliphatic heterocycles. The average Bonchev–Trinajstić information content (AvgIpc) is 3.00. The molecule has 0 aliphatic rings. The minimum atomic E-state index is 0.504. The van der Waals surface area contributed by atoms with Gasteiger partial charge >= 0.3 is 0 Å². The number of anilines is 1. The van der Waals surface area contributed by atoms with Gasteiger partial charge in [0, 0.05) is 23.2 Å². The molecule has 0 atom stereocenters. The number of ether oxygens (including phenoxy) is 1. The third-order valence-corrected chi connectivity index (χ3v) is 4.12. The highest BCUT2D eigenvalue weighted by Crippen LogP contribution is 2.27. The summed E-state index contributed by atoms with van der Waals surface area (Å²) < 4.78 is 5.76. The van der Waals surface area contributed by atoms with E-state index in [1.54, 1.807) is 17.5 Å². The van der Waals surface area contributed by atoms with Crippen LogP contribution in [-0.4, -0.2) is 9.97 Å². The maximum absolute atomic E-state index is 5.87. The number of nitrogen functional groups attached to an aromatic ring is 1. The van der Waals surface area contributed by atoms with E-state index in [-0.39, 0.29) is 0 Å². The maximum Gasteiger partial charge on any atom is 0.221 e. The number of hydrogen-bond acceptors (Lipinski definition) is 5. The molecule has 0 saturated carbocycles. The smallest absolute Gasteiger partial charge is 0.221 e. The Morgan fingerprint density at radius 3 is 2.52 bits per heavy atom. The predicted molar refractivity (Wildman–Crippen MR) is 85.7 cm³/mol. The summed E-state index contributed by atoms with van der Waals surface area (Å²) in [7, 11) is 0. The third kappa shape index (κ3) is 2.87. The van der Waals surface area contributed by atoms with Gasteiger partial charge in [-0.2, -0.15) is 4.98 Å². The summed E-state index contributed by atoms with van der Waals surface area (Å²) in [6.45, 7) is 3.94. The molecule has 0 radical (unpaired) electrons. The molecule has 4 nitrogen and oxygen atoms in total. The number of pyridine rings is 1. The fourth-order valence-electron chi connectivity index (χ4n) is 1.93. The maximum atomic E-state index is 5.87. The van der Waals surface area contributed by atoms with Crippen molar-refractivity contribution in [1.29, 1.82) is 0 Å². The topological polar surface area (TPSA) is 61.0 Å². The molecule has 2 heterocycles. The molecule has 0 saturated heterocycles. The number of thiazole rings is 1. The quantitative estimate of drug-likeness (QED) is 0.787. The van der Waals surface area contributed by atoms with Crippen LogP contribution in [-0.2, 0) is 0 Å². The first-order chi connectivity index (χ1) is 10.1. The van der Waals surface area contributed by atoms with E-state index in [0.717, 1.165) is 27.4 Å². The summed E-state index contributed by atoms with van der Waals surface area (Å²) in [5.41, 5.74) is 8.99. The van der Waals surface area contributed by atoms with E-state index >= 15 is 0 Å². The second-order valence-electron chi connectivity index (χ2n) is 4.75. The number of aryl methyl sites for hydroxylation is 1. The first-order valence-corrected chi connectivity index (χ1v) is 7.43. The molecule has 5 heteroatoms. The summed E-state index contributed by atoms with van der Waals surface area (Å²) in [6, 6.07) is 9.67. The number of hydrogen-bond donors (Lipinski definition) is 1. The van der Waals surface area contributed by atoms with Crippen LogP contribution in [0.3, 0.4) is 0 Å². The van der Waals surface area contributed by atoms with Crippen molar-refractivity contribution in [1.82, 2.24) is 9.97 Å². The van der Waals surface area contributed by atoms with Crippen molar-refractivity contribution >= 4 is 17.2 Å². The van der Waals surface area contributed by atoms with E-state index < -0.39 is 0 Å². The average molecular weight is 297 g/mol. The SMILES string of the molecule is Cc1cc(Oc2ccc(-c3nccs3)cc2)nc(N)c1C. The van der Waals surface area contributed by atoms with E-state index in [9.17, 15) is 0 Å². The van der Waals surface area contributed by atoms with Crippen LogP contribution in [0.2, 0.25) is 0 Å². The Morgan fingerprint density at radius 1 is 1.14 bits per heavy atom. The molecule has 21 heavy (non-hydrogen) atoms. The lowest BCUT2D eigenvalue weighted by molar-refractivity contribution is 0.463. The molecule has 0 bridgehead atoms. The van der Waals surface area contributed by atoms with E-state index in [2.05, 4.69) is 9.97 Å². The van der Waals surface area contributed by atoms with Gasteiger partial charge in [-0.25, -0.2) is 4.98 Å². The Labute approximate surface area is 127 Å². The molecule has 2 N–H and O–H groups in total. The van der Waals surface area contributed by atoms with Crippen LogP contribution >= 0.6 is 11.3 Å². The molecule has 3 rings (SSSR count). The number of benzene rings is 1. The van der Waals surface area contributed by atoms with Crippen LogP contribution in [0.5, 0.6) is 11.6 Å². The van der Waals surface area contributed by atoms with Gasteiger partial charge in [-0.1, -0.05) is 0 Å². The second kappa shape index (κ2) is 5.54. The molecular formula is C16H15N3OS. The van der Waals surface area contributed by atoms with Gasteiger partial charge in [0.2, 0.25) is 5.88 Å². The van der Waals surface area contributed by atoms with Crippen molar-refractivity contribution in [2.24, 2.45) is 0 Å². The van der Waals surface area contributed by atoms with Crippen molar-refractivity contribution in [3.63, 3.8) is 0 Å². The highest BCUT2D eigenvalue weighted by Gasteiger charge is 2.06. The summed E-state index contributed by atoms with van der Waals surface area (Å²) in [6.07, 6.45) is 1.80. The van der Waals surface area contributed by atoms with Crippen LogP contribution in [0.4, 0.5) is 5.82 Å². The van der Waals surface area contributed by atoms with Crippen molar-refractivity contribution in [3.8, 4) is 22.2 Å². The first kappa shape index (κ1) is 13.6. The standard InChI is InChI=1S/C16H15N3OS/c1-10-9-14(19-15(17)11(10)2)20-13-5-3-12(4-6-13)16-18-7-8-21-16/h3-9H,1-2H3,(H2,17,19). The number of nitrogens with two attached hydrogens (primary N) is 1. The summed E-state index contributed by atoms with van der Waals surface area (Å²) in [4.78, 5) is 8.53. The van der Waals surface area contributed by atoms with Crippen LogP contribution in [0.15, 0.2) is 41.9 Å². The Kier molecular flexibility index (Phi) is 3.58. The molecule has 0 fully saturated rings. The van der Waals surface area contributed by atoms with Crippen LogP contribution < -0.4 is 10.5 Å². The lowest BCUT2D eigenvalue weighted by atomic mass is 10.1. The van der Waals surface area contributed by atoms with Crippen molar-refractivity contribution in [3.05, 3.63) is 53.0 Å². The molecule has 0 spiro atoms. The van der Waals surface area contributed by atoms with Crippen LogP contribution in [0.1, 0.15) is 11.1 Å². The minimum Gasteiger partial charge on any atom is -0.439 e. The van der Waals surface area contributed by atoms with Gasteiger partial charge in [-0.05, 0) is 49.2 Å². The molecule has 0 aliphatic carbocycles. The monoisotopic (exact) mass is 297 g/mol. The normalized spacial score (nSPS) is 10.6. The molecule has 2 aromatic heterocycles. The van der Waals surface area contributed by atoms with Crippen LogP contribution in [0, 0.1) is 13.8 Å². The largest absolute Gasteiger partial charge is 0.439 e. The van der Waals surface area contributed by atoms with Gasteiger partial charge in [0.1, 0.15) is 16.6 Å². The summed E-state index contributed by atoms with van der Waals surface area (Å²) in [5.74, 6) is 1.74. The lowest BCUT2D eigenvalue weighted by Gasteiger charge is -2.09. The Bertz CT molecular complexity index is 729. The molecule has 1 aromatic carbocycles. The minimum absolute atomic E-state index is 0.504. The molecule has 0 unspecified atom stereocenters. The van der Waals surface area contributed by atoms with E-state index in [4.69, 9.17) is 10.5 Å². The van der Waals surface area contributed by atoms with Gasteiger partial charge in [-0.3, -0.25) is 0 Å². The van der Waals surface area contributed by atoms with E-state index in [1.165, 1.54) is 0 Å². The third-order valence-electron chi connectivity index (χ3n) is 3.30. The Balaban J connectivity index is 1.82. The number of aromatic nitrogens is 2. The lowest BCUT2D eigenvalue weighted by Crippen LogP contribution is -1.98. The fourth-order valence-corrected chi connectivity index (χ4v) is 2.58. The van der Waals surface area contributed by atoms with E-state index in [0.29, 0.717) is 11.7 Å². The molecule has 3 aromatic rings. The fraction of sp³-hybridized carbons (Fsp3) is 0.125. The summed E-state index contributed by atoms with van der Waals surface area (Å²) >= 11 is 1.61. The highest BCUT2D eigenvalue weighted by atomic mass is 32.1. The van der Waals surface area contributed by atoms with Crippen molar-refractivity contribution in [2.45, 2.75) is 13.8 Å². The molecule has 0 amide bonds. The Hall–Kier alpha value is -2.40. The van der Waals surface area contributed by atoms with Gasteiger partial charge in [0.05, 0.1) is 0 Å². The Morgan fingerprint density at radius 2 is 1.90 bits per heavy atom. The number of nitrogens with zero attached hydrogens (tertiary/aromatic N) is 2. The number of rotatable bonds is 3. The molecular weight excluding hydrogens is 282 g/mol. The summed E-state index contributed by atoms with van der Waals surface area (Å²) in [5, 5.41) is 2.96. The van der Waals surface area contributed by atoms with Crippen molar-refractivity contribution in [2.75, 3.05) is 5.73 Å². The predicted octanol–water partition coefficient (Wildman–Crippen LogP) is 4.20. The van der Waals surface area contributed by atoms with Gasteiger partial charge in [0.15, 0.2) is 0 Å². The molecule has 106 valence electrons. The van der Waals surface area contributed by atoms with Gasteiger partial charge < -0.3 is 10.5 Å². The first-order valence-electron chi connectivity index (χ1n) is 6.55. The van der Waals surface area contributed by atoms with Crippen LogP contribution in [0.25, 0.3) is 10.6 Å². The zero-order valence-corrected chi connectivity index (χ0v) is 12.6. The zero-order valence-electron chi connectivity index (χ0n) is 11.8. The highest BCUT2D eigenvalue weighted by molar-refractivity contribution is 7.13. The van der Waals surface area contributed by atoms with Gasteiger partial charge in [0.25, 0.3) is 0 Å². The van der Waals surface area contributed by atoms with E-state index in [1.807, 2.05) is 49.6 Å². The van der Waals surface area contributed by atoms with Gasteiger partial charge in [-0.15, -0.1) is 11.3 Å². The van der Waals surface area contributed by atoms with Crippen molar-refractivity contribution < 1.29 is 4.74 Å². The zero-order chi connectivity index (χ0) is 14.8.